The van der Waals surface area contributed by atoms with Crippen molar-refractivity contribution in [1.29, 1.82) is 0 Å². The summed E-state index contributed by atoms with van der Waals surface area (Å²) >= 11 is 0. The number of aryl methyl sites for hydroxylation is 1. The number of hydrogen-bond acceptors (Lipinski definition) is 3. The number of anilines is 1. The summed E-state index contributed by atoms with van der Waals surface area (Å²) in [7, 11) is 0. The lowest BCUT2D eigenvalue weighted by atomic mass is 9.98. The van der Waals surface area contributed by atoms with Gasteiger partial charge in [-0.15, -0.1) is 0 Å². The first kappa shape index (κ1) is 14.3. The molecule has 2 aliphatic heterocycles. The summed E-state index contributed by atoms with van der Waals surface area (Å²) in [6.45, 7) is 3.00. The van der Waals surface area contributed by atoms with Crippen molar-refractivity contribution in [2.45, 2.75) is 25.7 Å². The summed E-state index contributed by atoms with van der Waals surface area (Å²) in [5.41, 5.74) is 2.35. The van der Waals surface area contributed by atoms with E-state index in [-0.39, 0.29) is 11.8 Å². The van der Waals surface area contributed by atoms with E-state index in [2.05, 4.69) is 11.0 Å². The second kappa shape index (κ2) is 6.39. The number of hydrogen-bond donors (Lipinski definition) is 0. The molecule has 1 aromatic rings. The van der Waals surface area contributed by atoms with Crippen LogP contribution >= 0.6 is 0 Å². The second-order valence-electron chi connectivity index (χ2n) is 6.03. The molecule has 4 nitrogen and oxygen atoms in total. The van der Waals surface area contributed by atoms with E-state index in [9.17, 15) is 9.59 Å². The molecular weight excluding hydrogens is 264 g/mol. The largest absolute Gasteiger partial charge is 0.311 e. The van der Waals surface area contributed by atoms with Crippen LogP contribution in [0.15, 0.2) is 24.3 Å². The summed E-state index contributed by atoms with van der Waals surface area (Å²) in [6, 6.07) is 8.20. The molecule has 4 heteroatoms. The zero-order valence-electron chi connectivity index (χ0n) is 12.3. The lowest BCUT2D eigenvalue weighted by Gasteiger charge is -2.33. The van der Waals surface area contributed by atoms with Crippen molar-refractivity contribution in [2.75, 3.05) is 31.1 Å². The molecule has 1 amide bonds. The van der Waals surface area contributed by atoms with E-state index in [4.69, 9.17) is 0 Å². The smallest absolute Gasteiger partial charge is 0.241 e. The van der Waals surface area contributed by atoms with Crippen LogP contribution in [0, 0.1) is 5.92 Å². The van der Waals surface area contributed by atoms with Gasteiger partial charge >= 0.3 is 0 Å². The summed E-state index contributed by atoms with van der Waals surface area (Å²) in [5.74, 6) is 0.374. The highest BCUT2D eigenvalue weighted by atomic mass is 16.2. The van der Waals surface area contributed by atoms with Gasteiger partial charge in [-0.3, -0.25) is 9.69 Å². The van der Waals surface area contributed by atoms with Crippen LogP contribution in [0.1, 0.15) is 24.8 Å². The van der Waals surface area contributed by atoms with Crippen LogP contribution in [-0.2, 0) is 16.0 Å². The van der Waals surface area contributed by atoms with Gasteiger partial charge in [-0.25, -0.2) is 0 Å². The first-order chi connectivity index (χ1) is 10.3. The van der Waals surface area contributed by atoms with E-state index in [1.54, 1.807) is 0 Å². The Morgan fingerprint density at radius 3 is 2.71 bits per heavy atom. The lowest BCUT2D eigenvalue weighted by molar-refractivity contribution is -0.120. The van der Waals surface area contributed by atoms with Gasteiger partial charge in [0.25, 0.3) is 0 Å². The molecule has 1 aromatic carbocycles. The number of fused-ring (bicyclic) bond motifs is 1. The van der Waals surface area contributed by atoms with Gasteiger partial charge in [0.2, 0.25) is 5.91 Å². The fourth-order valence-electron chi connectivity index (χ4n) is 3.32. The maximum Gasteiger partial charge on any atom is 0.241 e. The van der Waals surface area contributed by atoms with Crippen molar-refractivity contribution in [3.63, 3.8) is 0 Å². The van der Waals surface area contributed by atoms with Gasteiger partial charge in [-0.1, -0.05) is 18.2 Å². The number of aldehydes is 1. The average molecular weight is 286 g/mol. The van der Waals surface area contributed by atoms with Crippen molar-refractivity contribution < 1.29 is 9.59 Å². The van der Waals surface area contributed by atoms with E-state index in [0.29, 0.717) is 6.54 Å². The third-order valence-electron chi connectivity index (χ3n) is 4.59. The molecule has 1 fully saturated rings. The molecule has 0 radical (unpaired) electrons. The summed E-state index contributed by atoms with van der Waals surface area (Å²) in [5, 5.41) is 0. The van der Waals surface area contributed by atoms with Gasteiger partial charge in [-0.05, 0) is 50.4 Å². The van der Waals surface area contributed by atoms with Crippen LogP contribution in [0.25, 0.3) is 0 Å². The van der Waals surface area contributed by atoms with Crippen molar-refractivity contribution in [3.05, 3.63) is 29.8 Å². The number of piperidine rings is 1. The number of para-hydroxylation sites is 1. The maximum atomic E-state index is 12.6. The Balaban J connectivity index is 1.63. The summed E-state index contributed by atoms with van der Waals surface area (Å²) < 4.78 is 0. The third kappa shape index (κ3) is 3.16. The molecule has 0 N–H and O–H groups in total. The van der Waals surface area contributed by atoms with E-state index < -0.39 is 0 Å². The highest BCUT2D eigenvalue weighted by Gasteiger charge is 2.25. The molecular formula is C17H22N2O2. The minimum atomic E-state index is 0.187. The van der Waals surface area contributed by atoms with Crippen molar-refractivity contribution in [3.8, 4) is 0 Å². The van der Waals surface area contributed by atoms with E-state index in [0.717, 1.165) is 57.3 Å². The lowest BCUT2D eigenvalue weighted by Crippen LogP contribution is -2.45. The summed E-state index contributed by atoms with van der Waals surface area (Å²) in [4.78, 5) is 27.5. The molecule has 21 heavy (non-hydrogen) atoms. The number of carbonyl (C=O) groups is 2. The molecule has 3 rings (SSSR count). The molecule has 1 saturated heterocycles. The minimum absolute atomic E-state index is 0.187. The number of carbonyl (C=O) groups excluding carboxylic acids is 2. The maximum absolute atomic E-state index is 12.6. The fraction of sp³-hybridized carbons (Fsp3) is 0.529. The molecule has 0 aliphatic carbocycles. The zero-order valence-corrected chi connectivity index (χ0v) is 12.3. The van der Waals surface area contributed by atoms with Gasteiger partial charge in [0.05, 0.1) is 6.54 Å². The van der Waals surface area contributed by atoms with E-state index in [1.165, 1.54) is 5.56 Å². The first-order valence-corrected chi connectivity index (χ1v) is 7.84. The summed E-state index contributed by atoms with van der Waals surface area (Å²) in [6.07, 6.45) is 4.92. The molecule has 112 valence electrons. The number of nitrogens with zero attached hydrogens (tertiary/aromatic N) is 2. The Labute approximate surface area is 125 Å². The minimum Gasteiger partial charge on any atom is -0.311 e. The Hall–Kier alpha value is -1.68. The molecule has 0 aromatic heterocycles. The third-order valence-corrected chi connectivity index (χ3v) is 4.59. The van der Waals surface area contributed by atoms with Crippen molar-refractivity contribution >= 4 is 17.9 Å². The zero-order chi connectivity index (χ0) is 14.7. The molecule has 0 bridgehead atoms. The predicted octanol–water partition coefficient (Wildman–Crippen LogP) is 1.88. The van der Waals surface area contributed by atoms with E-state index >= 15 is 0 Å². The van der Waals surface area contributed by atoms with Gasteiger partial charge in [0.1, 0.15) is 6.29 Å². The second-order valence-corrected chi connectivity index (χ2v) is 6.03. The van der Waals surface area contributed by atoms with Gasteiger partial charge in [0.15, 0.2) is 0 Å². The first-order valence-electron chi connectivity index (χ1n) is 7.84. The SMILES string of the molecule is O=CC1CCN(CC(=O)N2CCCc3ccccc32)CC1. The van der Waals surface area contributed by atoms with Gasteiger partial charge in [0, 0.05) is 18.2 Å². The molecule has 0 unspecified atom stereocenters. The van der Waals surface area contributed by atoms with Crippen molar-refractivity contribution in [1.82, 2.24) is 4.90 Å². The van der Waals surface area contributed by atoms with Crippen molar-refractivity contribution in [2.24, 2.45) is 5.92 Å². The number of rotatable bonds is 3. The number of amides is 1. The monoisotopic (exact) mass is 286 g/mol. The number of benzene rings is 1. The quantitative estimate of drug-likeness (QED) is 0.797. The van der Waals surface area contributed by atoms with Crippen LogP contribution in [0.5, 0.6) is 0 Å². The molecule has 2 aliphatic rings. The highest BCUT2D eigenvalue weighted by molar-refractivity contribution is 5.95. The Bertz CT molecular complexity index is 521. The van der Waals surface area contributed by atoms with Gasteiger partial charge in [-0.2, -0.15) is 0 Å². The van der Waals surface area contributed by atoms with Crippen LogP contribution < -0.4 is 4.90 Å². The Kier molecular flexibility index (Phi) is 4.34. The van der Waals surface area contributed by atoms with Crippen LogP contribution in [0.3, 0.4) is 0 Å². The fourth-order valence-corrected chi connectivity index (χ4v) is 3.32. The normalized spacial score (nSPS) is 20.1. The molecule has 0 spiro atoms. The Morgan fingerprint density at radius 2 is 1.95 bits per heavy atom. The van der Waals surface area contributed by atoms with E-state index in [1.807, 2.05) is 23.1 Å². The average Bonchev–Trinajstić information content (AvgIpc) is 2.55. The Morgan fingerprint density at radius 1 is 1.19 bits per heavy atom. The topological polar surface area (TPSA) is 40.6 Å². The number of likely N-dealkylation sites (tertiary alicyclic amines) is 1. The molecule has 0 atom stereocenters. The highest BCUT2D eigenvalue weighted by Crippen LogP contribution is 2.27. The molecule has 2 heterocycles. The van der Waals surface area contributed by atoms with Crippen LogP contribution in [-0.4, -0.2) is 43.3 Å². The predicted molar refractivity (Wildman–Crippen MR) is 82.3 cm³/mol. The standard InChI is InChI=1S/C17H22N2O2/c20-13-14-7-10-18(11-8-14)12-17(21)19-9-3-5-15-4-1-2-6-16(15)19/h1-2,4,6,13-14H,3,5,7-12H2. The van der Waals surface area contributed by atoms with Gasteiger partial charge < -0.3 is 9.69 Å². The van der Waals surface area contributed by atoms with Crippen LogP contribution in [0.4, 0.5) is 5.69 Å². The molecule has 0 saturated carbocycles. The van der Waals surface area contributed by atoms with Crippen LogP contribution in [0.2, 0.25) is 0 Å².